The predicted molar refractivity (Wildman–Crippen MR) is 53.9 cm³/mol. The molecule has 2 rings (SSSR count). The Morgan fingerprint density at radius 2 is 2.00 bits per heavy atom. The normalized spacial score (nSPS) is 11.8. The number of fused-ring (bicyclic) bond motifs is 1. The summed E-state index contributed by atoms with van der Waals surface area (Å²) in [5.41, 5.74) is 0.402. The Morgan fingerprint density at radius 1 is 1.25 bits per heavy atom. The van der Waals surface area contributed by atoms with Crippen molar-refractivity contribution in [3.8, 4) is 5.75 Å². The molecule has 0 saturated heterocycles. The van der Waals surface area contributed by atoms with E-state index in [4.69, 9.17) is 0 Å². The van der Waals surface area contributed by atoms with E-state index < -0.39 is 6.36 Å². The van der Waals surface area contributed by atoms with E-state index in [0.29, 0.717) is 10.1 Å². The smallest absolute Gasteiger partial charge is 0.403 e. The van der Waals surface area contributed by atoms with Gasteiger partial charge in [-0.25, -0.2) is 4.98 Å². The molecule has 84 valence electrons. The molecule has 7 heteroatoms. The molecule has 0 aliphatic carbocycles. The zero-order valence-corrected chi connectivity index (χ0v) is 9.21. The van der Waals surface area contributed by atoms with Crippen LogP contribution in [0.1, 0.15) is 0 Å². The van der Waals surface area contributed by atoms with Crippen LogP contribution in [-0.4, -0.2) is 16.3 Å². The lowest BCUT2D eigenvalue weighted by atomic mass is 10.3. The van der Waals surface area contributed by atoms with Gasteiger partial charge in [-0.2, -0.15) is 0 Å². The molecule has 0 unspecified atom stereocenters. The summed E-state index contributed by atoms with van der Waals surface area (Å²) in [5.74, 6) is -0.362. The van der Waals surface area contributed by atoms with Gasteiger partial charge >= 0.3 is 6.36 Å². The second kappa shape index (κ2) is 3.89. The van der Waals surface area contributed by atoms with Crippen molar-refractivity contribution in [1.29, 1.82) is 0 Å². The van der Waals surface area contributed by atoms with Crippen LogP contribution in [0.15, 0.2) is 29.0 Å². The van der Waals surface area contributed by atoms with Crippen LogP contribution in [0.2, 0.25) is 0 Å². The number of halogens is 4. The first kappa shape index (κ1) is 11.1. The third kappa shape index (κ3) is 2.41. The molecule has 0 aliphatic heterocycles. The second-order valence-electron chi connectivity index (χ2n) is 2.86. The van der Waals surface area contributed by atoms with Gasteiger partial charge in [0.2, 0.25) is 0 Å². The highest BCUT2D eigenvalue weighted by atomic mass is 79.9. The molecular weight excluding hydrogens is 289 g/mol. The van der Waals surface area contributed by atoms with Gasteiger partial charge in [0.15, 0.2) is 5.75 Å². The molecule has 0 N–H and O–H groups in total. The molecule has 0 aliphatic rings. The average molecular weight is 293 g/mol. The van der Waals surface area contributed by atoms with Crippen LogP contribution in [0.3, 0.4) is 0 Å². The number of para-hydroxylation sites is 1. The topological polar surface area (TPSA) is 35.0 Å². The molecule has 0 bridgehead atoms. The summed E-state index contributed by atoms with van der Waals surface area (Å²) >= 11 is 3.04. The fraction of sp³-hybridized carbons (Fsp3) is 0.111. The van der Waals surface area contributed by atoms with Crippen LogP contribution in [0.5, 0.6) is 5.75 Å². The van der Waals surface area contributed by atoms with Gasteiger partial charge in [0.25, 0.3) is 0 Å². The number of alkyl halides is 3. The number of ether oxygens (including phenoxy) is 1. The molecule has 0 radical (unpaired) electrons. The van der Waals surface area contributed by atoms with E-state index in [-0.39, 0.29) is 11.3 Å². The summed E-state index contributed by atoms with van der Waals surface area (Å²) in [7, 11) is 0. The lowest BCUT2D eigenvalue weighted by Gasteiger charge is -2.10. The van der Waals surface area contributed by atoms with Gasteiger partial charge in [-0.05, 0) is 28.1 Å². The molecule has 0 amide bonds. The van der Waals surface area contributed by atoms with Crippen LogP contribution in [-0.2, 0) is 0 Å². The quantitative estimate of drug-likeness (QED) is 0.809. The fourth-order valence-electron chi connectivity index (χ4n) is 1.19. The highest BCUT2D eigenvalue weighted by molar-refractivity contribution is 9.10. The fourth-order valence-corrected chi connectivity index (χ4v) is 1.47. The number of hydrogen-bond acceptors (Lipinski definition) is 3. The van der Waals surface area contributed by atoms with Crippen LogP contribution < -0.4 is 4.74 Å². The number of aromatic nitrogens is 2. The Morgan fingerprint density at radius 3 is 2.69 bits per heavy atom. The Kier molecular flexibility index (Phi) is 2.71. The average Bonchev–Trinajstić information content (AvgIpc) is 2.17. The SMILES string of the molecule is FC(F)(F)Oc1cccc2ncc(Br)nc12. The van der Waals surface area contributed by atoms with Crippen molar-refractivity contribution in [2.75, 3.05) is 0 Å². The highest BCUT2D eigenvalue weighted by Gasteiger charge is 2.32. The molecule has 16 heavy (non-hydrogen) atoms. The van der Waals surface area contributed by atoms with Crippen molar-refractivity contribution in [1.82, 2.24) is 9.97 Å². The lowest BCUT2D eigenvalue weighted by Crippen LogP contribution is -2.17. The van der Waals surface area contributed by atoms with Crippen molar-refractivity contribution in [3.05, 3.63) is 29.0 Å². The Hall–Kier alpha value is -1.37. The standard InChI is InChI=1S/C9H4BrF3N2O/c10-7-4-14-5-2-1-3-6(8(5)15-7)16-9(11,12)13/h1-4H. The van der Waals surface area contributed by atoms with Gasteiger partial charge in [-0.1, -0.05) is 6.07 Å². The van der Waals surface area contributed by atoms with Crippen LogP contribution in [0.25, 0.3) is 11.0 Å². The van der Waals surface area contributed by atoms with E-state index in [1.54, 1.807) is 6.07 Å². The highest BCUT2D eigenvalue weighted by Crippen LogP contribution is 2.28. The summed E-state index contributed by atoms with van der Waals surface area (Å²) in [6.45, 7) is 0. The molecule has 1 aromatic heterocycles. The Labute approximate surface area is 96.4 Å². The van der Waals surface area contributed by atoms with E-state index in [2.05, 4.69) is 30.6 Å². The van der Waals surface area contributed by atoms with E-state index in [9.17, 15) is 13.2 Å². The van der Waals surface area contributed by atoms with Crippen molar-refractivity contribution in [2.45, 2.75) is 6.36 Å². The van der Waals surface area contributed by atoms with Crippen LogP contribution in [0.4, 0.5) is 13.2 Å². The third-order valence-electron chi connectivity index (χ3n) is 1.73. The van der Waals surface area contributed by atoms with Crippen molar-refractivity contribution < 1.29 is 17.9 Å². The zero-order chi connectivity index (χ0) is 11.8. The molecular formula is C9H4BrF3N2O. The largest absolute Gasteiger partial charge is 0.573 e. The third-order valence-corrected chi connectivity index (χ3v) is 2.11. The number of nitrogens with zero attached hydrogens (tertiary/aromatic N) is 2. The zero-order valence-electron chi connectivity index (χ0n) is 7.62. The number of rotatable bonds is 1. The van der Waals surface area contributed by atoms with Gasteiger partial charge in [-0.15, -0.1) is 13.2 Å². The Bertz CT molecular complexity index is 530. The Balaban J connectivity index is 2.56. The molecule has 0 saturated carbocycles. The van der Waals surface area contributed by atoms with Crippen LogP contribution >= 0.6 is 15.9 Å². The van der Waals surface area contributed by atoms with E-state index in [1.807, 2.05) is 0 Å². The van der Waals surface area contributed by atoms with Gasteiger partial charge < -0.3 is 4.74 Å². The minimum atomic E-state index is -4.74. The molecule has 2 aromatic rings. The van der Waals surface area contributed by atoms with Crippen molar-refractivity contribution >= 4 is 27.0 Å². The van der Waals surface area contributed by atoms with Crippen molar-refractivity contribution in [3.63, 3.8) is 0 Å². The second-order valence-corrected chi connectivity index (χ2v) is 3.68. The van der Waals surface area contributed by atoms with E-state index >= 15 is 0 Å². The molecule has 1 aromatic carbocycles. The van der Waals surface area contributed by atoms with Crippen molar-refractivity contribution in [2.24, 2.45) is 0 Å². The number of benzene rings is 1. The minimum absolute atomic E-state index is 0.0641. The molecule has 3 nitrogen and oxygen atoms in total. The summed E-state index contributed by atoms with van der Waals surface area (Å²) in [5, 5.41) is 0. The summed E-state index contributed by atoms with van der Waals surface area (Å²) in [6, 6.07) is 4.17. The summed E-state index contributed by atoms with van der Waals surface area (Å²) in [4.78, 5) is 7.80. The van der Waals surface area contributed by atoms with E-state index in [1.165, 1.54) is 18.3 Å². The summed E-state index contributed by atoms with van der Waals surface area (Å²) < 4.78 is 40.5. The first-order valence-electron chi connectivity index (χ1n) is 4.13. The maximum Gasteiger partial charge on any atom is 0.573 e. The first-order chi connectivity index (χ1) is 7.46. The predicted octanol–water partition coefficient (Wildman–Crippen LogP) is 3.29. The molecule has 1 heterocycles. The maximum atomic E-state index is 12.1. The van der Waals surface area contributed by atoms with Gasteiger partial charge in [0.05, 0.1) is 11.7 Å². The van der Waals surface area contributed by atoms with E-state index in [0.717, 1.165) is 0 Å². The minimum Gasteiger partial charge on any atom is -0.403 e. The molecule has 0 atom stereocenters. The maximum absolute atomic E-state index is 12.1. The molecule has 0 fully saturated rings. The number of hydrogen-bond donors (Lipinski definition) is 0. The van der Waals surface area contributed by atoms with Gasteiger partial charge in [0.1, 0.15) is 10.1 Å². The lowest BCUT2D eigenvalue weighted by molar-refractivity contribution is -0.274. The van der Waals surface area contributed by atoms with Gasteiger partial charge in [0, 0.05) is 0 Å². The monoisotopic (exact) mass is 292 g/mol. The van der Waals surface area contributed by atoms with Crippen LogP contribution in [0, 0.1) is 0 Å². The first-order valence-corrected chi connectivity index (χ1v) is 4.92. The van der Waals surface area contributed by atoms with Gasteiger partial charge in [-0.3, -0.25) is 4.98 Å². The summed E-state index contributed by atoms with van der Waals surface area (Å²) in [6.07, 6.45) is -3.34. The molecule has 0 spiro atoms.